The molecule has 25 heavy (non-hydrogen) atoms. The lowest BCUT2D eigenvalue weighted by atomic mass is 9.84. The number of aliphatic hydroxyl groups is 2. The van der Waals surface area contributed by atoms with Gasteiger partial charge in [-0.05, 0) is 54.5 Å². The number of rotatable bonds is 4. The van der Waals surface area contributed by atoms with Crippen LogP contribution < -0.4 is 0 Å². The fourth-order valence-electron chi connectivity index (χ4n) is 2.10. The van der Waals surface area contributed by atoms with Crippen molar-refractivity contribution in [2.75, 3.05) is 0 Å². The van der Waals surface area contributed by atoms with E-state index in [1.54, 1.807) is 27.7 Å². The summed E-state index contributed by atoms with van der Waals surface area (Å²) >= 11 is 6.36. The first-order valence-electron chi connectivity index (χ1n) is 7.63. The summed E-state index contributed by atoms with van der Waals surface area (Å²) in [5, 5.41) is 21.7. The van der Waals surface area contributed by atoms with Gasteiger partial charge >= 0.3 is 11.9 Å². The minimum Gasteiger partial charge on any atom is -0.424 e. The molecule has 0 saturated heterocycles. The van der Waals surface area contributed by atoms with Crippen LogP contribution in [0, 0.1) is 0 Å². The van der Waals surface area contributed by atoms with Crippen LogP contribution in [-0.2, 0) is 19.1 Å². The van der Waals surface area contributed by atoms with Crippen molar-refractivity contribution in [3.63, 3.8) is 0 Å². The number of ether oxygens (including phenoxy) is 2. The highest BCUT2D eigenvalue weighted by atomic mass is 79.9. The molecule has 0 aromatic carbocycles. The van der Waals surface area contributed by atoms with Gasteiger partial charge in [0.25, 0.3) is 11.6 Å². The first-order valence-corrected chi connectivity index (χ1v) is 9.21. The number of alkyl halides is 2. The van der Waals surface area contributed by atoms with E-state index in [-0.39, 0.29) is 16.7 Å². The Labute approximate surface area is 164 Å². The largest absolute Gasteiger partial charge is 0.424 e. The lowest BCUT2D eigenvalue weighted by Crippen LogP contribution is -2.50. The van der Waals surface area contributed by atoms with E-state index in [0.29, 0.717) is 0 Å². The second kappa shape index (κ2) is 6.79. The fourth-order valence-corrected chi connectivity index (χ4v) is 2.26. The molecule has 2 N–H and O–H groups in total. The summed E-state index contributed by atoms with van der Waals surface area (Å²) in [6.45, 7) is 10.8. The Bertz CT molecular complexity index is 653. The zero-order valence-electron chi connectivity index (χ0n) is 15.4. The molecule has 142 valence electrons. The quantitative estimate of drug-likeness (QED) is 0.276. The molecule has 1 rings (SSSR count). The highest BCUT2D eigenvalue weighted by Gasteiger charge is 2.49. The molecule has 0 aliphatic heterocycles. The molecular formula is C17H24Br2O6. The zero-order chi connectivity index (χ0) is 20.0. The SMILES string of the molecule is CC1=CC(O)(OC(=O)C(C)(C)Br)C(C)=C(C)C1(O)OC(=O)C(C)(C)Br. The van der Waals surface area contributed by atoms with E-state index in [4.69, 9.17) is 9.47 Å². The van der Waals surface area contributed by atoms with E-state index < -0.39 is 32.2 Å². The Hall–Kier alpha value is -0.700. The summed E-state index contributed by atoms with van der Waals surface area (Å²) in [4.78, 5) is 24.3. The Morgan fingerprint density at radius 1 is 0.920 bits per heavy atom. The summed E-state index contributed by atoms with van der Waals surface area (Å²) in [7, 11) is 0. The lowest BCUT2D eigenvalue weighted by Gasteiger charge is -2.41. The number of carbonyl (C=O) groups excluding carboxylic acids is 2. The van der Waals surface area contributed by atoms with E-state index in [1.807, 2.05) is 0 Å². The van der Waals surface area contributed by atoms with Crippen LogP contribution in [0.25, 0.3) is 0 Å². The Kier molecular flexibility index (Phi) is 6.07. The van der Waals surface area contributed by atoms with Crippen LogP contribution in [0.15, 0.2) is 22.8 Å². The van der Waals surface area contributed by atoms with Crippen LogP contribution in [-0.4, -0.2) is 42.4 Å². The van der Waals surface area contributed by atoms with E-state index >= 15 is 0 Å². The van der Waals surface area contributed by atoms with Crippen molar-refractivity contribution in [1.29, 1.82) is 0 Å². The molecule has 0 aromatic rings. The van der Waals surface area contributed by atoms with Gasteiger partial charge in [0, 0.05) is 16.7 Å². The van der Waals surface area contributed by atoms with E-state index in [1.165, 1.54) is 26.8 Å². The Morgan fingerprint density at radius 2 is 1.32 bits per heavy atom. The minimum atomic E-state index is -2.04. The topological polar surface area (TPSA) is 93.1 Å². The normalized spacial score (nSPS) is 27.7. The monoisotopic (exact) mass is 482 g/mol. The predicted octanol–water partition coefficient (Wildman–Crippen LogP) is 3.09. The van der Waals surface area contributed by atoms with E-state index in [2.05, 4.69) is 31.9 Å². The van der Waals surface area contributed by atoms with Crippen molar-refractivity contribution in [2.45, 2.75) is 68.7 Å². The van der Waals surface area contributed by atoms with Crippen LogP contribution in [0.3, 0.4) is 0 Å². The molecule has 6 nitrogen and oxygen atoms in total. The standard InChI is InChI=1S/C17H24Br2O6/c1-9-8-16(22,24-12(20)14(4,5)18)10(2)11(3)17(9,23)25-13(21)15(6,7)19/h8,22-23H,1-7H3. The number of halogens is 2. The van der Waals surface area contributed by atoms with Gasteiger partial charge in [0.2, 0.25) is 0 Å². The molecule has 0 aromatic heterocycles. The summed E-state index contributed by atoms with van der Waals surface area (Å²) in [6.07, 6.45) is 1.17. The molecule has 0 fully saturated rings. The molecule has 1 aliphatic rings. The predicted molar refractivity (Wildman–Crippen MR) is 100 cm³/mol. The van der Waals surface area contributed by atoms with Crippen molar-refractivity contribution in [3.8, 4) is 0 Å². The van der Waals surface area contributed by atoms with Gasteiger partial charge in [-0.25, -0.2) is 0 Å². The van der Waals surface area contributed by atoms with Gasteiger partial charge in [-0.2, -0.15) is 0 Å². The highest BCUT2D eigenvalue weighted by Crippen LogP contribution is 2.42. The summed E-state index contributed by atoms with van der Waals surface area (Å²) in [5.41, 5.74) is 0.453. The number of esters is 2. The third-order valence-electron chi connectivity index (χ3n) is 4.01. The first-order chi connectivity index (χ1) is 10.9. The van der Waals surface area contributed by atoms with Crippen LogP contribution in [0.5, 0.6) is 0 Å². The Balaban J connectivity index is 3.29. The second-order valence-corrected chi connectivity index (χ2v) is 11.1. The molecule has 2 unspecified atom stereocenters. The van der Waals surface area contributed by atoms with Crippen LogP contribution >= 0.6 is 31.9 Å². The molecule has 0 spiro atoms. The van der Waals surface area contributed by atoms with Crippen molar-refractivity contribution >= 4 is 43.8 Å². The minimum absolute atomic E-state index is 0.128. The molecule has 0 bridgehead atoms. The smallest absolute Gasteiger partial charge is 0.325 e. The van der Waals surface area contributed by atoms with Crippen molar-refractivity contribution in [2.24, 2.45) is 0 Å². The third kappa shape index (κ3) is 4.53. The molecule has 1 aliphatic carbocycles. The van der Waals surface area contributed by atoms with Crippen molar-refractivity contribution < 1.29 is 29.3 Å². The maximum atomic E-state index is 12.2. The maximum Gasteiger partial charge on any atom is 0.325 e. The van der Waals surface area contributed by atoms with Gasteiger partial charge < -0.3 is 19.7 Å². The molecule has 8 heteroatoms. The molecule has 0 radical (unpaired) electrons. The number of hydrogen-bond donors (Lipinski definition) is 2. The molecule has 2 atom stereocenters. The van der Waals surface area contributed by atoms with Gasteiger partial charge in [0.05, 0.1) is 0 Å². The third-order valence-corrected chi connectivity index (χ3v) is 4.66. The molecular weight excluding hydrogens is 460 g/mol. The second-order valence-electron chi connectivity index (χ2n) is 7.14. The molecule has 0 heterocycles. The number of carbonyl (C=O) groups is 2. The summed E-state index contributed by atoms with van der Waals surface area (Å²) in [6, 6.07) is 0. The van der Waals surface area contributed by atoms with Gasteiger partial charge in [-0.3, -0.25) is 9.59 Å². The molecule has 0 saturated carbocycles. The average Bonchev–Trinajstić information content (AvgIpc) is 2.41. The van der Waals surface area contributed by atoms with Crippen molar-refractivity contribution in [1.82, 2.24) is 0 Å². The maximum absolute atomic E-state index is 12.2. The summed E-state index contributed by atoms with van der Waals surface area (Å²) in [5.74, 6) is -5.44. The Morgan fingerprint density at radius 3 is 1.72 bits per heavy atom. The van der Waals surface area contributed by atoms with Gasteiger partial charge in [-0.15, -0.1) is 0 Å². The van der Waals surface area contributed by atoms with Crippen LogP contribution in [0.1, 0.15) is 48.5 Å². The van der Waals surface area contributed by atoms with Gasteiger partial charge in [0.1, 0.15) is 8.65 Å². The van der Waals surface area contributed by atoms with E-state index in [0.717, 1.165) is 0 Å². The zero-order valence-corrected chi connectivity index (χ0v) is 18.5. The van der Waals surface area contributed by atoms with Crippen molar-refractivity contribution in [3.05, 3.63) is 22.8 Å². The lowest BCUT2D eigenvalue weighted by molar-refractivity contribution is -0.197. The van der Waals surface area contributed by atoms with Gasteiger partial charge in [-0.1, -0.05) is 31.9 Å². The highest BCUT2D eigenvalue weighted by molar-refractivity contribution is 9.10. The van der Waals surface area contributed by atoms with Crippen LogP contribution in [0.4, 0.5) is 0 Å². The van der Waals surface area contributed by atoms with Crippen LogP contribution in [0.2, 0.25) is 0 Å². The number of hydrogen-bond acceptors (Lipinski definition) is 6. The molecule has 0 amide bonds. The van der Waals surface area contributed by atoms with E-state index in [9.17, 15) is 19.8 Å². The fraction of sp³-hybridized carbons (Fsp3) is 0.647. The first kappa shape index (κ1) is 22.3. The van der Waals surface area contributed by atoms with Gasteiger partial charge in [0.15, 0.2) is 0 Å². The summed E-state index contributed by atoms with van der Waals surface area (Å²) < 4.78 is 8.52. The average molecular weight is 484 g/mol.